The number of benzene rings is 3. The molecule has 2 aromatic heterocycles. The van der Waals surface area contributed by atoms with E-state index >= 15 is 0 Å². The summed E-state index contributed by atoms with van der Waals surface area (Å²) in [5, 5.41) is 16.3. The highest BCUT2D eigenvalue weighted by molar-refractivity contribution is 6.30. The largest absolute Gasteiger partial charge is 0.416 e. The van der Waals surface area contributed by atoms with E-state index in [1.807, 2.05) is 45.1 Å². The summed E-state index contributed by atoms with van der Waals surface area (Å²) in [6, 6.07) is 15.9. The number of alkyl halides is 3. The van der Waals surface area contributed by atoms with Crippen molar-refractivity contribution in [1.82, 2.24) is 29.7 Å². The van der Waals surface area contributed by atoms with Gasteiger partial charge in [0.25, 0.3) is 5.91 Å². The van der Waals surface area contributed by atoms with Crippen LogP contribution in [0.2, 0.25) is 5.02 Å². The van der Waals surface area contributed by atoms with Crippen LogP contribution in [0.1, 0.15) is 21.5 Å². The number of likely N-dealkylation sites (N-methyl/N-ethyl adjacent to an activating group) is 2. The fourth-order valence-electron chi connectivity index (χ4n) is 4.83. The molecule has 0 atom stereocenters. The standard InChI is InChI=1S/C32H32ClF3N8O/c1-20-6-7-22(31(45)38-25-15-23(32(34,35)36)16-26(17-25)42(4)13-12-41(2)3)14-29(20)44-19-28(39-40-44)27-18-37-43(5)30(27)21-8-10-24(33)11-9-21/h6-11,14-19H,12-13H2,1-5H3,(H,38,45). The van der Waals surface area contributed by atoms with Gasteiger partial charge in [0.05, 0.1) is 29.3 Å². The average Bonchev–Trinajstić information content (AvgIpc) is 3.63. The van der Waals surface area contributed by atoms with Crippen LogP contribution in [-0.2, 0) is 13.2 Å². The van der Waals surface area contributed by atoms with Gasteiger partial charge in [-0.2, -0.15) is 18.3 Å². The number of hydrogen-bond acceptors (Lipinski definition) is 6. The summed E-state index contributed by atoms with van der Waals surface area (Å²) in [6.45, 7) is 3.02. The number of aromatic nitrogens is 5. The van der Waals surface area contributed by atoms with E-state index in [-0.39, 0.29) is 11.3 Å². The molecule has 0 radical (unpaired) electrons. The highest BCUT2D eigenvalue weighted by Crippen LogP contribution is 2.35. The Bertz CT molecular complexity index is 1830. The van der Waals surface area contributed by atoms with Gasteiger partial charge in [-0.05, 0) is 69.0 Å². The topological polar surface area (TPSA) is 84.1 Å². The Morgan fingerprint density at radius 1 is 1.00 bits per heavy atom. The minimum atomic E-state index is -4.58. The third-order valence-electron chi connectivity index (χ3n) is 7.37. The van der Waals surface area contributed by atoms with Gasteiger partial charge in [0.1, 0.15) is 5.69 Å². The summed E-state index contributed by atoms with van der Waals surface area (Å²) in [4.78, 5) is 17.0. The van der Waals surface area contributed by atoms with Gasteiger partial charge in [0.15, 0.2) is 0 Å². The van der Waals surface area contributed by atoms with E-state index < -0.39 is 17.6 Å². The predicted octanol–water partition coefficient (Wildman–Crippen LogP) is 6.57. The highest BCUT2D eigenvalue weighted by atomic mass is 35.5. The minimum absolute atomic E-state index is 0.0398. The number of amides is 1. The van der Waals surface area contributed by atoms with Crippen molar-refractivity contribution in [3.05, 3.63) is 94.8 Å². The van der Waals surface area contributed by atoms with Crippen LogP contribution >= 0.6 is 11.6 Å². The van der Waals surface area contributed by atoms with Crippen molar-refractivity contribution in [2.45, 2.75) is 13.1 Å². The van der Waals surface area contributed by atoms with Gasteiger partial charge < -0.3 is 15.1 Å². The van der Waals surface area contributed by atoms with Crippen LogP contribution in [0.3, 0.4) is 0 Å². The van der Waals surface area contributed by atoms with E-state index in [1.165, 1.54) is 6.07 Å². The molecule has 0 unspecified atom stereocenters. The maximum atomic E-state index is 13.8. The van der Waals surface area contributed by atoms with Crippen molar-refractivity contribution in [3.63, 3.8) is 0 Å². The third-order valence-corrected chi connectivity index (χ3v) is 7.62. The Balaban J connectivity index is 1.42. The third kappa shape index (κ3) is 7.18. The number of hydrogen-bond donors (Lipinski definition) is 1. The van der Waals surface area contributed by atoms with Crippen LogP contribution in [0.5, 0.6) is 0 Å². The molecule has 0 fully saturated rings. The molecule has 1 N–H and O–H groups in total. The molecule has 0 aliphatic carbocycles. The number of aryl methyl sites for hydroxylation is 2. The molecule has 2 heterocycles. The van der Waals surface area contributed by atoms with E-state index in [0.29, 0.717) is 35.2 Å². The number of rotatable bonds is 9. The number of carbonyl (C=O) groups is 1. The highest BCUT2D eigenvalue weighted by Gasteiger charge is 2.32. The molecule has 0 saturated heterocycles. The SMILES string of the molecule is Cc1ccc(C(=O)Nc2cc(N(C)CCN(C)C)cc(C(F)(F)F)c2)cc1-n1cc(-c2cnn(C)c2-c2ccc(Cl)cc2)nn1. The molecule has 0 aliphatic rings. The lowest BCUT2D eigenvalue weighted by atomic mass is 10.1. The Kier molecular flexibility index (Phi) is 8.98. The second-order valence-corrected chi connectivity index (χ2v) is 11.5. The molecular formula is C32H32ClF3N8O. The van der Waals surface area contributed by atoms with Crippen LogP contribution in [0.15, 0.2) is 73.1 Å². The first-order valence-electron chi connectivity index (χ1n) is 14.0. The van der Waals surface area contributed by atoms with Crippen molar-refractivity contribution in [1.29, 1.82) is 0 Å². The fourth-order valence-corrected chi connectivity index (χ4v) is 4.95. The van der Waals surface area contributed by atoms with Gasteiger partial charge in [-0.15, -0.1) is 5.10 Å². The monoisotopic (exact) mass is 636 g/mol. The Labute approximate surface area is 263 Å². The average molecular weight is 637 g/mol. The van der Waals surface area contributed by atoms with Gasteiger partial charge in [-0.25, -0.2) is 4.68 Å². The summed E-state index contributed by atoms with van der Waals surface area (Å²) in [7, 11) is 7.32. The van der Waals surface area contributed by atoms with E-state index in [0.717, 1.165) is 34.5 Å². The number of nitrogens with zero attached hydrogens (tertiary/aromatic N) is 7. The van der Waals surface area contributed by atoms with Gasteiger partial charge in [-0.3, -0.25) is 9.48 Å². The first-order valence-corrected chi connectivity index (χ1v) is 14.4. The second kappa shape index (κ2) is 12.7. The lowest BCUT2D eigenvalue weighted by molar-refractivity contribution is -0.137. The molecule has 0 aliphatic heterocycles. The molecule has 13 heteroatoms. The van der Waals surface area contributed by atoms with E-state index in [2.05, 4.69) is 20.7 Å². The van der Waals surface area contributed by atoms with Crippen molar-refractivity contribution in [3.8, 4) is 28.2 Å². The van der Waals surface area contributed by atoms with Crippen molar-refractivity contribution < 1.29 is 18.0 Å². The molecule has 3 aromatic carbocycles. The van der Waals surface area contributed by atoms with Gasteiger partial charge >= 0.3 is 6.18 Å². The lowest BCUT2D eigenvalue weighted by Gasteiger charge is -2.23. The summed E-state index contributed by atoms with van der Waals surface area (Å²) < 4.78 is 44.6. The Morgan fingerprint density at radius 3 is 2.42 bits per heavy atom. The van der Waals surface area contributed by atoms with Crippen LogP contribution in [0.4, 0.5) is 24.5 Å². The van der Waals surface area contributed by atoms with Crippen molar-refractivity contribution >= 4 is 28.9 Å². The number of carbonyl (C=O) groups excluding carboxylic acids is 1. The van der Waals surface area contributed by atoms with Crippen molar-refractivity contribution in [2.24, 2.45) is 7.05 Å². The molecule has 0 saturated carbocycles. The first-order chi connectivity index (χ1) is 21.3. The maximum absolute atomic E-state index is 13.8. The van der Waals surface area contributed by atoms with Crippen LogP contribution in [0, 0.1) is 6.92 Å². The van der Waals surface area contributed by atoms with E-state index in [9.17, 15) is 18.0 Å². The maximum Gasteiger partial charge on any atom is 0.416 e. The first kappa shape index (κ1) is 31.7. The summed E-state index contributed by atoms with van der Waals surface area (Å²) in [5.41, 5.74) is 4.24. The fraction of sp³-hybridized carbons (Fsp3) is 0.250. The van der Waals surface area contributed by atoms with Gasteiger partial charge in [0, 0.05) is 60.3 Å². The summed E-state index contributed by atoms with van der Waals surface area (Å²) in [6.07, 6.45) is -1.14. The molecule has 0 bridgehead atoms. The zero-order valence-corrected chi connectivity index (χ0v) is 26.1. The number of anilines is 2. The molecule has 0 spiro atoms. The van der Waals surface area contributed by atoms with Crippen molar-refractivity contribution in [2.75, 3.05) is 44.4 Å². The van der Waals surface area contributed by atoms with Crippen LogP contribution in [-0.4, -0.2) is 69.8 Å². The van der Waals surface area contributed by atoms with Gasteiger partial charge in [0.2, 0.25) is 0 Å². The smallest absolute Gasteiger partial charge is 0.373 e. The second-order valence-electron chi connectivity index (χ2n) is 11.0. The Morgan fingerprint density at radius 2 is 1.73 bits per heavy atom. The zero-order chi connectivity index (χ0) is 32.5. The molecule has 234 valence electrons. The quantitative estimate of drug-likeness (QED) is 0.197. The molecule has 9 nitrogen and oxygen atoms in total. The zero-order valence-electron chi connectivity index (χ0n) is 25.4. The normalized spacial score (nSPS) is 11.7. The molecule has 45 heavy (non-hydrogen) atoms. The minimum Gasteiger partial charge on any atom is -0.373 e. The predicted molar refractivity (Wildman–Crippen MR) is 170 cm³/mol. The number of nitrogens with one attached hydrogen (secondary N) is 1. The Hall–Kier alpha value is -4.68. The molecule has 5 aromatic rings. The molecule has 1 amide bonds. The van der Waals surface area contributed by atoms with E-state index in [4.69, 9.17) is 11.6 Å². The van der Waals surface area contributed by atoms with Crippen LogP contribution < -0.4 is 10.2 Å². The number of halogens is 4. The molecular weight excluding hydrogens is 605 g/mol. The molecule has 5 rings (SSSR count). The van der Waals surface area contributed by atoms with Gasteiger partial charge in [-0.1, -0.05) is 35.0 Å². The van der Waals surface area contributed by atoms with Crippen LogP contribution in [0.25, 0.3) is 28.2 Å². The summed E-state index contributed by atoms with van der Waals surface area (Å²) in [5.74, 6) is -0.560. The lowest BCUT2D eigenvalue weighted by Crippen LogP contribution is -2.28. The van der Waals surface area contributed by atoms with E-state index in [1.54, 1.807) is 64.0 Å². The summed E-state index contributed by atoms with van der Waals surface area (Å²) >= 11 is 6.08.